The van der Waals surface area contributed by atoms with E-state index in [9.17, 15) is 9.59 Å². The topological polar surface area (TPSA) is 37.4 Å². The predicted octanol–water partition coefficient (Wildman–Crippen LogP) is 7.99. The van der Waals surface area contributed by atoms with Crippen molar-refractivity contribution in [1.82, 2.24) is 0 Å². The third-order valence-corrected chi connectivity index (χ3v) is 7.73. The van der Waals surface area contributed by atoms with E-state index in [0.29, 0.717) is 11.1 Å². The summed E-state index contributed by atoms with van der Waals surface area (Å²) in [6, 6.07) is 48.6. The van der Waals surface area contributed by atoms with E-state index in [0.717, 1.165) is 16.8 Å². The van der Waals surface area contributed by atoms with Gasteiger partial charge in [0.05, 0.1) is 23.9 Å². The Hall–Kier alpha value is -4.76. The van der Waals surface area contributed by atoms with Crippen LogP contribution in [0.1, 0.15) is 43.9 Å². The fourth-order valence-corrected chi connectivity index (χ4v) is 6.07. The van der Waals surface area contributed by atoms with Crippen molar-refractivity contribution in [1.29, 1.82) is 0 Å². The normalized spacial score (nSPS) is 20.5. The van der Waals surface area contributed by atoms with E-state index in [1.54, 1.807) is 0 Å². The molecule has 0 unspecified atom stereocenters. The molecule has 0 spiro atoms. The van der Waals surface area contributed by atoms with Gasteiger partial charge in [-0.15, -0.1) is 0 Å². The van der Waals surface area contributed by atoms with Crippen molar-refractivity contribution < 1.29 is 9.59 Å². The van der Waals surface area contributed by atoms with Crippen LogP contribution in [0, 0.1) is 11.8 Å². The summed E-state index contributed by atoms with van der Waals surface area (Å²) in [6.07, 6.45) is 0. The number of hydrogen-bond donors (Lipinski definition) is 0. The third-order valence-electron chi connectivity index (χ3n) is 7.73. The number of nitrogens with zero attached hydrogens (tertiary/aromatic N) is 1. The molecule has 39 heavy (non-hydrogen) atoms. The summed E-state index contributed by atoms with van der Waals surface area (Å²) < 4.78 is 0. The van der Waals surface area contributed by atoms with Gasteiger partial charge < -0.3 is 4.90 Å². The van der Waals surface area contributed by atoms with Gasteiger partial charge in [0.25, 0.3) is 0 Å². The summed E-state index contributed by atoms with van der Waals surface area (Å²) >= 11 is 0. The largest absolute Gasteiger partial charge is 0.356 e. The number of ketones is 2. The molecule has 3 nitrogen and oxygen atoms in total. The monoisotopic (exact) mass is 507 g/mol. The Morgan fingerprint density at radius 2 is 0.718 bits per heavy atom. The second-order valence-corrected chi connectivity index (χ2v) is 9.97. The van der Waals surface area contributed by atoms with Crippen molar-refractivity contribution in [2.75, 3.05) is 4.90 Å². The van der Waals surface area contributed by atoms with Crippen molar-refractivity contribution in [2.45, 2.75) is 12.1 Å². The van der Waals surface area contributed by atoms with Crippen molar-refractivity contribution in [3.05, 3.63) is 174 Å². The number of para-hydroxylation sites is 1. The molecule has 3 heteroatoms. The molecule has 0 aromatic heterocycles. The Kier molecular flexibility index (Phi) is 6.88. The molecule has 6 rings (SSSR count). The van der Waals surface area contributed by atoms with Crippen LogP contribution in [0.3, 0.4) is 0 Å². The fourth-order valence-electron chi connectivity index (χ4n) is 6.07. The Bertz CT molecular complexity index is 1440. The average Bonchev–Trinajstić information content (AvgIpc) is 3.38. The molecule has 4 atom stereocenters. The number of carbonyl (C=O) groups is 2. The van der Waals surface area contributed by atoms with Crippen LogP contribution in [0.2, 0.25) is 0 Å². The number of carbonyl (C=O) groups excluding carboxylic acids is 2. The lowest BCUT2D eigenvalue weighted by Crippen LogP contribution is -2.31. The van der Waals surface area contributed by atoms with Crippen molar-refractivity contribution in [2.24, 2.45) is 11.8 Å². The van der Waals surface area contributed by atoms with Crippen LogP contribution in [-0.2, 0) is 0 Å². The van der Waals surface area contributed by atoms with Gasteiger partial charge in [0.1, 0.15) is 0 Å². The maximum Gasteiger partial charge on any atom is 0.169 e. The first-order valence-corrected chi connectivity index (χ1v) is 13.4. The molecule has 0 amide bonds. The minimum Gasteiger partial charge on any atom is -0.356 e. The fraction of sp³-hybridized carbons (Fsp3) is 0.111. The highest BCUT2D eigenvalue weighted by Gasteiger charge is 2.55. The molecule has 0 saturated carbocycles. The van der Waals surface area contributed by atoms with Gasteiger partial charge in [0.2, 0.25) is 0 Å². The van der Waals surface area contributed by atoms with Gasteiger partial charge in [-0.25, -0.2) is 0 Å². The molecule has 1 heterocycles. The van der Waals surface area contributed by atoms with Crippen LogP contribution in [-0.4, -0.2) is 11.6 Å². The van der Waals surface area contributed by atoms with E-state index in [1.807, 2.05) is 115 Å². The summed E-state index contributed by atoms with van der Waals surface area (Å²) in [5.41, 5.74) is 4.25. The SMILES string of the molecule is O=C(c1ccccc1)[C@H]1[C@H](C(=O)c2ccccc2)[C@H](c2ccccc2)N(c2ccccc2)[C@@H]1c1ccccc1. The number of Topliss-reactive ketones (excluding diaryl/α,β-unsaturated/α-hetero) is 2. The highest BCUT2D eigenvalue weighted by Crippen LogP contribution is 2.55. The van der Waals surface area contributed by atoms with E-state index in [-0.39, 0.29) is 23.7 Å². The van der Waals surface area contributed by atoms with Crippen LogP contribution in [0.4, 0.5) is 5.69 Å². The molecule has 0 aliphatic carbocycles. The zero-order valence-corrected chi connectivity index (χ0v) is 21.5. The second kappa shape index (κ2) is 10.9. The highest BCUT2D eigenvalue weighted by atomic mass is 16.1. The second-order valence-electron chi connectivity index (χ2n) is 9.97. The third kappa shape index (κ3) is 4.68. The summed E-state index contributed by atoms with van der Waals surface area (Å²) in [6.45, 7) is 0. The molecule has 1 aliphatic rings. The van der Waals surface area contributed by atoms with Crippen LogP contribution >= 0.6 is 0 Å². The van der Waals surface area contributed by atoms with Gasteiger partial charge in [0.15, 0.2) is 11.6 Å². The van der Waals surface area contributed by atoms with Gasteiger partial charge >= 0.3 is 0 Å². The molecule has 5 aromatic carbocycles. The van der Waals surface area contributed by atoms with Gasteiger partial charge in [-0.05, 0) is 23.3 Å². The standard InChI is InChI=1S/C36H29NO2/c38-35(28-20-10-3-11-21-28)31-32(36(39)29-22-12-4-13-23-29)34(27-18-8-2-9-19-27)37(30-24-14-5-15-25-30)33(31)26-16-6-1-7-17-26/h1-25,31-34H/t31-,32-,33-,34+/m0/s1. The summed E-state index contributed by atoms with van der Waals surface area (Å²) in [5, 5.41) is 0. The summed E-state index contributed by atoms with van der Waals surface area (Å²) in [7, 11) is 0. The van der Waals surface area contributed by atoms with Crippen LogP contribution < -0.4 is 4.90 Å². The highest BCUT2D eigenvalue weighted by molar-refractivity contribution is 6.07. The lowest BCUT2D eigenvalue weighted by molar-refractivity contribution is 0.0773. The number of rotatable bonds is 7. The molecule has 0 radical (unpaired) electrons. The molecule has 0 N–H and O–H groups in total. The Labute approximate surface area is 229 Å². The van der Waals surface area contributed by atoms with Crippen molar-refractivity contribution >= 4 is 17.3 Å². The predicted molar refractivity (Wildman–Crippen MR) is 156 cm³/mol. The first kappa shape index (κ1) is 24.6. The van der Waals surface area contributed by atoms with Crippen molar-refractivity contribution in [3.8, 4) is 0 Å². The lowest BCUT2D eigenvalue weighted by atomic mass is 9.75. The van der Waals surface area contributed by atoms with E-state index in [1.165, 1.54) is 0 Å². The first-order chi connectivity index (χ1) is 19.2. The average molecular weight is 508 g/mol. The molecule has 1 saturated heterocycles. The molecule has 0 bridgehead atoms. The molecule has 1 fully saturated rings. The zero-order valence-electron chi connectivity index (χ0n) is 21.5. The molecule has 1 aliphatic heterocycles. The van der Waals surface area contributed by atoms with Gasteiger partial charge in [-0.2, -0.15) is 0 Å². The zero-order chi connectivity index (χ0) is 26.6. The Balaban J connectivity index is 1.64. The minimum absolute atomic E-state index is 0.0157. The Morgan fingerprint density at radius 1 is 0.410 bits per heavy atom. The van der Waals surface area contributed by atoms with Gasteiger partial charge in [0, 0.05) is 16.8 Å². The van der Waals surface area contributed by atoms with E-state index < -0.39 is 11.8 Å². The smallest absolute Gasteiger partial charge is 0.169 e. The molecule has 190 valence electrons. The number of benzene rings is 5. The van der Waals surface area contributed by atoms with E-state index in [4.69, 9.17) is 0 Å². The maximum absolute atomic E-state index is 14.6. The lowest BCUT2D eigenvalue weighted by Gasteiger charge is -2.34. The molecular formula is C36H29NO2. The van der Waals surface area contributed by atoms with E-state index >= 15 is 0 Å². The number of anilines is 1. The van der Waals surface area contributed by atoms with Crippen LogP contribution in [0.25, 0.3) is 0 Å². The Morgan fingerprint density at radius 3 is 1.08 bits per heavy atom. The first-order valence-electron chi connectivity index (χ1n) is 13.4. The van der Waals surface area contributed by atoms with Crippen molar-refractivity contribution in [3.63, 3.8) is 0 Å². The van der Waals surface area contributed by atoms with Crippen LogP contribution in [0.15, 0.2) is 152 Å². The van der Waals surface area contributed by atoms with Crippen LogP contribution in [0.5, 0.6) is 0 Å². The number of hydrogen-bond acceptors (Lipinski definition) is 3. The molecule has 5 aromatic rings. The molecular weight excluding hydrogens is 478 g/mol. The summed E-state index contributed by atoms with van der Waals surface area (Å²) in [5.74, 6) is -1.24. The van der Waals surface area contributed by atoms with Gasteiger partial charge in [-0.1, -0.05) is 140 Å². The quantitative estimate of drug-likeness (QED) is 0.210. The summed E-state index contributed by atoms with van der Waals surface area (Å²) in [4.78, 5) is 31.4. The van der Waals surface area contributed by atoms with Gasteiger partial charge in [-0.3, -0.25) is 9.59 Å². The maximum atomic E-state index is 14.6. The minimum atomic E-state index is -0.604. The van der Waals surface area contributed by atoms with E-state index in [2.05, 4.69) is 41.3 Å².